The highest BCUT2D eigenvalue weighted by molar-refractivity contribution is 7.13. The quantitative estimate of drug-likeness (QED) is 0.466. The lowest BCUT2D eigenvalue weighted by Gasteiger charge is -2.05. The summed E-state index contributed by atoms with van der Waals surface area (Å²) in [6, 6.07) is 14.1. The van der Waals surface area contributed by atoms with Gasteiger partial charge in [0, 0.05) is 12.4 Å². The van der Waals surface area contributed by atoms with Crippen molar-refractivity contribution in [1.82, 2.24) is 24.4 Å². The lowest BCUT2D eigenvalue weighted by Crippen LogP contribution is -2.11. The van der Waals surface area contributed by atoms with Gasteiger partial charge in [-0.3, -0.25) is 9.48 Å². The molecule has 7 nitrogen and oxygen atoms in total. The predicted octanol–water partition coefficient (Wildman–Crippen LogP) is 4.26. The third kappa shape index (κ3) is 3.37. The van der Waals surface area contributed by atoms with Crippen LogP contribution in [0.15, 0.2) is 72.6 Å². The van der Waals surface area contributed by atoms with Gasteiger partial charge >= 0.3 is 0 Å². The lowest BCUT2D eigenvalue weighted by atomic mass is 10.1. The van der Waals surface area contributed by atoms with Crippen molar-refractivity contribution >= 4 is 28.6 Å². The third-order valence-corrected chi connectivity index (χ3v) is 5.80. The molecule has 0 aliphatic carbocycles. The fourth-order valence-electron chi connectivity index (χ4n) is 3.34. The van der Waals surface area contributed by atoms with Crippen LogP contribution in [-0.4, -0.2) is 30.3 Å². The van der Waals surface area contributed by atoms with E-state index in [9.17, 15) is 4.79 Å². The number of fused-ring (bicyclic) bond motifs is 1. The molecule has 4 aromatic heterocycles. The average Bonchev–Trinajstić information content (AvgIpc) is 3.50. The monoisotopic (exact) mass is 414 g/mol. The van der Waals surface area contributed by atoms with Gasteiger partial charge in [-0.2, -0.15) is 10.2 Å². The first-order valence-corrected chi connectivity index (χ1v) is 10.3. The van der Waals surface area contributed by atoms with Crippen molar-refractivity contribution in [1.29, 1.82) is 0 Å². The molecule has 0 saturated heterocycles. The zero-order valence-electron chi connectivity index (χ0n) is 16.2. The zero-order valence-corrected chi connectivity index (χ0v) is 17.0. The van der Waals surface area contributed by atoms with E-state index in [0.29, 0.717) is 23.4 Å². The topological polar surface area (TPSA) is 77.1 Å². The molecular formula is C22H18N6OS. The van der Waals surface area contributed by atoms with E-state index >= 15 is 0 Å². The van der Waals surface area contributed by atoms with Crippen LogP contribution < -0.4 is 5.32 Å². The molecule has 0 spiro atoms. The fraction of sp³-hybridized carbons (Fsp3) is 0.0909. The molecule has 8 heteroatoms. The number of hydrogen-bond donors (Lipinski definition) is 1. The molecule has 0 radical (unpaired) electrons. The zero-order chi connectivity index (χ0) is 20.5. The van der Waals surface area contributed by atoms with Crippen LogP contribution in [0.5, 0.6) is 0 Å². The number of nitrogens with one attached hydrogen (secondary N) is 1. The normalized spacial score (nSPS) is 11.1. The Hall–Kier alpha value is -3.78. The molecule has 148 valence electrons. The largest absolute Gasteiger partial charge is 0.319 e. The third-order valence-electron chi connectivity index (χ3n) is 4.90. The number of amides is 1. The number of carbonyl (C=O) groups excluding carboxylic acids is 1. The SMILES string of the molecule is Cc1ccccc1Cn1cc(NC(=O)c2cnn3c(-c4cccs4)ccnc23)cn1. The van der Waals surface area contributed by atoms with Gasteiger partial charge in [0.15, 0.2) is 5.65 Å². The molecule has 1 N–H and O–H groups in total. The molecule has 0 aliphatic rings. The summed E-state index contributed by atoms with van der Waals surface area (Å²) < 4.78 is 3.50. The second-order valence-corrected chi connectivity index (χ2v) is 7.86. The summed E-state index contributed by atoms with van der Waals surface area (Å²) >= 11 is 1.62. The molecule has 0 unspecified atom stereocenters. The first-order chi connectivity index (χ1) is 14.7. The maximum absolute atomic E-state index is 12.9. The minimum absolute atomic E-state index is 0.267. The van der Waals surface area contributed by atoms with Crippen LogP contribution in [0, 0.1) is 6.92 Å². The fourth-order valence-corrected chi connectivity index (χ4v) is 4.07. The Morgan fingerprint density at radius 3 is 2.83 bits per heavy atom. The second kappa shape index (κ2) is 7.57. The molecule has 5 aromatic rings. The van der Waals surface area contributed by atoms with Gasteiger partial charge in [0.05, 0.1) is 35.2 Å². The second-order valence-electron chi connectivity index (χ2n) is 6.91. The van der Waals surface area contributed by atoms with Crippen molar-refractivity contribution in [3.05, 3.63) is 89.3 Å². The van der Waals surface area contributed by atoms with E-state index in [-0.39, 0.29) is 5.91 Å². The number of rotatable bonds is 5. The van der Waals surface area contributed by atoms with Crippen molar-refractivity contribution in [3.8, 4) is 10.6 Å². The van der Waals surface area contributed by atoms with Crippen LogP contribution in [0.1, 0.15) is 21.5 Å². The molecule has 0 atom stereocenters. The van der Waals surface area contributed by atoms with Crippen molar-refractivity contribution < 1.29 is 4.79 Å². The Morgan fingerprint density at radius 1 is 1.10 bits per heavy atom. The van der Waals surface area contributed by atoms with E-state index in [1.165, 1.54) is 11.1 Å². The van der Waals surface area contributed by atoms with Gasteiger partial charge in [-0.15, -0.1) is 11.3 Å². The number of thiophene rings is 1. The molecule has 4 heterocycles. The summed E-state index contributed by atoms with van der Waals surface area (Å²) in [5.41, 5.74) is 4.86. The Bertz CT molecular complexity index is 1330. The van der Waals surface area contributed by atoms with Gasteiger partial charge in [0.2, 0.25) is 0 Å². The van der Waals surface area contributed by atoms with Crippen LogP contribution in [0.2, 0.25) is 0 Å². The Morgan fingerprint density at radius 2 is 2.00 bits per heavy atom. The van der Waals surface area contributed by atoms with Crippen LogP contribution >= 0.6 is 11.3 Å². The van der Waals surface area contributed by atoms with E-state index in [0.717, 1.165) is 10.6 Å². The van der Waals surface area contributed by atoms with Crippen molar-refractivity contribution in [3.63, 3.8) is 0 Å². The highest BCUT2D eigenvalue weighted by atomic mass is 32.1. The Balaban J connectivity index is 1.38. The average molecular weight is 414 g/mol. The lowest BCUT2D eigenvalue weighted by molar-refractivity contribution is 0.102. The summed E-state index contributed by atoms with van der Waals surface area (Å²) in [5, 5.41) is 13.7. The minimum Gasteiger partial charge on any atom is -0.319 e. The van der Waals surface area contributed by atoms with Crippen molar-refractivity contribution in [2.45, 2.75) is 13.5 Å². The number of aryl methyl sites for hydroxylation is 1. The summed E-state index contributed by atoms with van der Waals surface area (Å²) in [6.45, 7) is 2.72. The summed E-state index contributed by atoms with van der Waals surface area (Å²) in [4.78, 5) is 18.3. The minimum atomic E-state index is -0.267. The number of hydrogen-bond acceptors (Lipinski definition) is 5. The van der Waals surface area contributed by atoms with E-state index in [2.05, 4.69) is 39.6 Å². The van der Waals surface area contributed by atoms with Gasteiger partial charge in [0.1, 0.15) is 5.56 Å². The molecule has 0 aliphatic heterocycles. The van der Waals surface area contributed by atoms with Gasteiger partial charge < -0.3 is 5.32 Å². The van der Waals surface area contributed by atoms with Gasteiger partial charge in [0.25, 0.3) is 5.91 Å². The van der Waals surface area contributed by atoms with Crippen molar-refractivity contribution in [2.24, 2.45) is 0 Å². The molecule has 0 saturated carbocycles. The smallest absolute Gasteiger partial charge is 0.261 e. The number of benzene rings is 1. The number of carbonyl (C=O) groups is 1. The standard InChI is InChI=1S/C22H18N6OS/c1-15-5-2-3-6-16(15)13-27-14-17(11-24-27)26-22(29)18-12-25-28-19(8-9-23-21(18)28)20-7-4-10-30-20/h2-12,14H,13H2,1H3,(H,26,29). The first kappa shape index (κ1) is 18.3. The molecule has 1 aromatic carbocycles. The van der Waals surface area contributed by atoms with E-state index in [1.807, 2.05) is 41.9 Å². The van der Waals surface area contributed by atoms with Gasteiger partial charge in [-0.05, 0) is 35.6 Å². The number of anilines is 1. The maximum atomic E-state index is 12.9. The summed E-state index contributed by atoms with van der Waals surface area (Å²) in [6.07, 6.45) is 6.71. The van der Waals surface area contributed by atoms with Crippen LogP contribution in [0.3, 0.4) is 0 Å². The van der Waals surface area contributed by atoms with Gasteiger partial charge in [-0.1, -0.05) is 30.3 Å². The van der Waals surface area contributed by atoms with E-state index in [4.69, 9.17) is 0 Å². The van der Waals surface area contributed by atoms with Crippen molar-refractivity contribution in [2.75, 3.05) is 5.32 Å². The molecule has 30 heavy (non-hydrogen) atoms. The number of aromatic nitrogens is 5. The van der Waals surface area contributed by atoms with Crippen LogP contribution in [0.25, 0.3) is 16.2 Å². The first-order valence-electron chi connectivity index (χ1n) is 9.44. The molecule has 0 fully saturated rings. The predicted molar refractivity (Wildman–Crippen MR) is 117 cm³/mol. The molecule has 0 bridgehead atoms. The summed E-state index contributed by atoms with van der Waals surface area (Å²) in [5.74, 6) is -0.267. The summed E-state index contributed by atoms with van der Waals surface area (Å²) in [7, 11) is 0. The van der Waals surface area contributed by atoms with Crippen LogP contribution in [-0.2, 0) is 6.54 Å². The van der Waals surface area contributed by atoms with E-state index < -0.39 is 0 Å². The molecular weight excluding hydrogens is 396 g/mol. The van der Waals surface area contributed by atoms with E-state index in [1.54, 1.807) is 39.1 Å². The van der Waals surface area contributed by atoms with Gasteiger partial charge in [-0.25, -0.2) is 9.50 Å². The molecule has 1 amide bonds. The highest BCUT2D eigenvalue weighted by Gasteiger charge is 2.17. The van der Waals surface area contributed by atoms with Crippen LogP contribution in [0.4, 0.5) is 5.69 Å². The number of nitrogens with zero attached hydrogens (tertiary/aromatic N) is 5. The highest BCUT2D eigenvalue weighted by Crippen LogP contribution is 2.25. The molecule has 5 rings (SSSR count). The Kier molecular flexibility index (Phi) is 4.61. The Labute approximate surface area is 176 Å². The maximum Gasteiger partial charge on any atom is 0.261 e.